The van der Waals surface area contributed by atoms with Gasteiger partial charge in [-0.15, -0.1) is 0 Å². The van der Waals surface area contributed by atoms with Crippen molar-refractivity contribution in [3.8, 4) is 0 Å². The summed E-state index contributed by atoms with van der Waals surface area (Å²) in [6.45, 7) is 2.10. The summed E-state index contributed by atoms with van der Waals surface area (Å²) in [5.74, 6) is 5.00. The molecule has 82 valence electrons. The second kappa shape index (κ2) is 3.62. The smallest absolute Gasteiger partial charge is 0.150 e. The molecule has 2 aliphatic rings. The van der Waals surface area contributed by atoms with Gasteiger partial charge in [0.05, 0.1) is 0 Å². The fraction of sp³-hybridized carbons (Fsp3) is 0.833. The van der Waals surface area contributed by atoms with E-state index in [9.17, 15) is 0 Å². The van der Waals surface area contributed by atoms with Crippen molar-refractivity contribution < 1.29 is 0 Å². The van der Waals surface area contributed by atoms with Crippen LogP contribution in [0.2, 0.25) is 0 Å². The molecule has 3 rings (SSSR count). The molecule has 15 heavy (non-hydrogen) atoms. The zero-order valence-corrected chi connectivity index (χ0v) is 9.37. The molecule has 0 aliphatic heterocycles. The standard InChI is InChI=1S/C12H19N3/c1-2-11-13-12(15-14-11)7-10-6-8-3-4-9(10)5-8/h8-10H,2-7H2,1H3,(H,13,14,15). The fourth-order valence-electron chi connectivity index (χ4n) is 3.46. The lowest BCUT2D eigenvalue weighted by Gasteiger charge is -2.19. The Morgan fingerprint density at radius 2 is 2.27 bits per heavy atom. The number of H-pyrrole nitrogens is 1. The van der Waals surface area contributed by atoms with Gasteiger partial charge in [0, 0.05) is 12.8 Å². The van der Waals surface area contributed by atoms with Gasteiger partial charge in [-0.05, 0) is 37.0 Å². The molecule has 3 heteroatoms. The lowest BCUT2D eigenvalue weighted by molar-refractivity contribution is 0.327. The molecule has 3 unspecified atom stereocenters. The molecule has 0 amide bonds. The molecule has 0 saturated heterocycles. The highest BCUT2D eigenvalue weighted by Gasteiger charge is 2.39. The Balaban J connectivity index is 1.65. The molecular weight excluding hydrogens is 186 g/mol. The summed E-state index contributed by atoms with van der Waals surface area (Å²) in [6.07, 6.45) is 7.94. The number of hydrogen-bond acceptors (Lipinski definition) is 2. The summed E-state index contributed by atoms with van der Waals surface area (Å²) in [7, 11) is 0. The Labute approximate surface area is 90.7 Å². The van der Waals surface area contributed by atoms with Crippen LogP contribution in [-0.4, -0.2) is 15.2 Å². The Bertz CT molecular complexity index is 344. The second-order valence-electron chi connectivity index (χ2n) is 5.19. The number of aryl methyl sites for hydroxylation is 1. The average Bonchev–Trinajstić information content (AvgIpc) is 2.92. The lowest BCUT2D eigenvalue weighted by atomic mass is 9.86. The van der Waals surface area contributed by atoms with E-state index in [4.69, 9.17) is 0 Å². The monoisotopic (exact) mass is 205 g/mol. The third-order valence-corrected chi connectivity index (χ3v) is 4.23. The van der Waals surface area contributed by atoms with Gasteiger partial charge in [0.15, 0.2) is 0 Å². The zero-order chi connectivity index (χ0) is 10.3. The van der Waals surface area contributed by atoms with Crippen LogP contribution < -0.4 is 0 Å². The Kier molecular flexibility index (Phi) is 2.26. The normalized spacial score (nSPS) is 33.8. The van der Waals surface area contributed by atoms with Crippen molar-refractivity contribution >= 4 is 0 Å². The third-order valence-electron chi connectivity index (χ3n) is 4.23. The molecule has 1 aromatic rings. The van der Waals surface area contributed by atoms with E-state index >= 15 is 0 Å². The molecule has 1 N–H and O–H groups in total. The third kappa shape index (κ3) is 1.68. The van der Waals surface area contributed by atoms with Crippen LogP contribution in [0.25, 0.3) is 0 Å². The van der Waals surface area contributed by atoms with Gasteiger partial charge in [-0.1, -0.05) is 13.3 Å². The topological polar surface area (TPSA) is 41.6 Å². The molecule has 3 nitrogen and oxygen atoms in total. The number of nitrogens with zero attached hydrogens (tertiary/aromatic N) is 2. The van der Waals surface area contributed by atoms with Crippen LogP contribution >= 0.6 is 0 Å². The highest BCUT2D eigenvalue weighted by molar-refractivity contribution is 4.97. The van der Waals surface area contributed by atoms with Crippen molar-refractivity contribution in [2.24, 2.45) is 17.8 Å². The second-order valence-corrected chi connectivity index (χ2v) is 5.19. The van der Waals surface area contributed by atoms with Crippen LogP contribution in [0.4, 0.5) is 0 Å². The molecule has 2 aliphatic carbocycles. The number of rotatable bonds is 3. The quantitative estimate of drug-likeness (QED) is 0.823. The van der Waals surface area contributed by atoms with Gasteiger partial charge in [0.25, 0.3) is 0 Å². The minimum Gasteiger partial charge on any atom is -0.263 e. The van der Waals surface area contributed by atoms with Crippen molar-refractivity contribution in [3.05, 3.63) is 11.6 Å². The Hall–Kier alpha value is -0.860. The molecule has 2 bridgehead atoms. The van der Waals surface area contributed by atoms with Crippen molar-refractivity contribution in [2.75, 3.05) is 0 Å². The summed E-state index contributed by atoms with van der Waals surface area (Å²) >= 11 is 0. The molecule has 2 fully saturated rings. The first-order valence-electron chi connectivity index (χ1n) is 6.25. The molecule has 0 aromatic carbocycles. The summed E-state index contributed by atoms with van der Waals surface area (Å²) in [6, 6.07) is 0. The minimum atomic E-state index is 0.890. The van der Waals surface area contributed by atoms with E-state index in [-0.39, 0.29) is 0 Å². The Morgan fingerprint density at radius 1 is 1.33 bits per heavy atom. The first-order valence-corrected chi connectivity index (χ1v) is 6.25. The maximum Gasteiger partial charge on any atom is 0.150 e. The molecule has 0 spiro atoms. The number of nitrogens with one attached hydrogen (secondary N) is 1. The highest BCUT2D eigenvalue weighted by atomic mass is 15.2. The van der Waals surface area contributed by atoms with Crippen LogP contribution in [0, 0.1) is 17.8 Å². The summed E-state index contributed by atoms with van der Waals surface area (Å²) in [4.78, 5) is 4.51. The van der Waals surface area contributed by atoms with Crippen LogP contribution in [0.5, 0.6) is 0 Å². The fourth-order valence-corrected chi connectivity index (χ4v) is 3.46. The zero-order valence-electron chi connectivity index (χ0n) is 9.37. The van der Waals surface area contributed by atoms with Gasteiger partial charge in [-0.2, -0.15) is 5.10 Å². The molecule has 2 saturated carbocycles. The Morgan fingerprint density at radius 3 is 2.87 bits per heavy atom. The van der Waals surface area contributed by atoms with Crippen molar-refractivity contribution in [2.45, 2.75) is 45.4 Å². The SMILES string of the molecule is CCc1n[nH]c(CC2CC3CCC2C3)n1. The first-order chi connectivity index (χ1) is 7.35. The van der Waals surface area contributed by atoms with Gasteiger partial charge in [-0.3, -0.25) is 5.10 Å². The van der Waals surface area contributed by atoms with E-state index in [1.165, 1.54) is 25.7 Å². The van der Waals surface area contributed by atoms with Crippen LogP contribution in [0.1, 0.15) is 44.3 Å². The van der Waals surface area contributed by atoms with E-state index in [1.54, 1.807) is 0 Å². The van der Waals surface area contributed by atoms with Crippen molar-refractivity contribution in [1.82, 2.24) is 15.2 Å². The summed E-state index contributed by atoms with van der Waals surface area (Å²) in [5.41, 5.74) is 0. The predicted molar refractivity (Wildman–Crippen MR) is 58.4 cm³/mol. The first kappa shape index (κ1) is 9.37. The number of aromatic nitrogens is 3. The van der Waals surface area contributed by atoms with Crippen molar-refractivity contribution in [1.29, 1.82) is 0 Å². The van der Waals surface area contributed by atoms with E-state index < -0.39 is 0 Å². The van der Waals surface area contributed by atoms with Gasteiger partial charge < -0.3 is 0 Å². The lowest BCUT2D eigenvalue weighted by Crippen LogP contribution is -2.13. The van der Waals surface area contributed by atoms with Crippen molar-refractivity contribution in [3.63, 3.8) is 0 Å². The van der Waals surface area contributed by atoms with Gasteiger partial charge in [0.2, 0.25) is 0 Å². The maximum atomic E-state index is 4.51. The maximum absolute atomic E-state index is 4.51. The number of hydrogen-bond donors (Lipinski definition) is 1. The largest absolute Gasteiger partial charge is 0.263 e. The van der Waals surface area contributed by atoms with Gasteiger partial charge in [-0.25, -0.2) is 4.98 Å². The minimum absolute atomic E-state index is 0.890. The van der Waals surface area contributed by atoms with Crippen LogP contribution in [0.3, 0.4) is 0 Å². The summed E-state index contributed by atoms with van der Waals surface area (Å²) < 4.78 is 0. The summed E-state index contributed by atoms with van der Waals surface area (Å²) in [5, 5.41) is 7.28. The molecule has 1 aromatic heterocycles. The van der Waals surface area contributed by atoms with Gasteiger partial charge >= 0.3 is 0 Å². The number of aromatic amines is 1. The molecule has 3 atom stereocenters. The molecular formula is C12H19N3. The average molecular weight is 205 g/mol. The van der Waals surface area contributed by atoms with Crippen LogP contribution in [0.15, 0.2) is 0 Å². The molecule has 1 heterocycles. The van der Waals surface area contributed by atoms with E-state index in [2.05, 4.69) is 22.1 Å². The highest BCUT2D eigenvalue weighted by Crippen LogP contribution is 2.49. The van der Waals surface area contributed by atoms with E-state index in [0.29, 0.717) is 0 Å². The number of fused-ring (bicyclic) bond motifs is 2. The molecule has 0 radical (unpaired) electrons. The predicted octanol–water partition coefficient (Wildman–Crippen LogP) is 2.35. The van der Waals surface area contributed by atoms with E-state index in [0.717, 1.165) is 42.2 Å². The van der Waals surface area contributed by atoms with Gasteiger partial charge in [0.1, 0.15) is 11.6 Å². The van der Waals surface area contributed by atoms with Crippen LogP contribution in [-0.2, 0) is 12.8 Å². The van der Waals surface area contributed by atoms with E-state index in [1.807, 2.05) is 0 Å².